The SMILES string of the molecule is O=C(NCCCCCCO)c1ccc(F)cc1[N+](=O)[O-]. The Hall–Kier alpha value is -2.02. The number of nitrogens with one attached hydrogen (secondary N) is 1. The van der Waals surface area contributed by atoms with Crippen LogP contribution in [0.25, 0.3) is 0 Å². The van der Waals surface area contributed by atoms with Crippen LogP contribution >= 0.6 is 0 Å². The van der Waals surface area contributed by atoms with Crippen molar-refractivity contribution in [3.05, 3.63) is 39.7 Å². The second-order valence-electron chi connectivity index (χ2n) is 4.31. The average Bonchev–Trinajstić information content (AvgIpc) is 2.42. The third-order valence-corrected chi connectivity index (χ3v) is 2.77. The van der Waals surface area contributed by atoms with Gasteiger partial charge in [0.05, 0.1) is 11.0 Å². The molecule has 0 aliphatic carbocycles. The first kappa shape index (κ1) is 16.0. The van der Waals surface area contributed by atoms with Crippen molar-refractivity contribution < 1.29 is 19.2 Å². The van der Waals surface area contributed by atoms with Gasteiger partial charge in [-0.15, -0.1) is 0 Å². The number of unbranched alkanes of at least 4 members (excludes halogenated alkanes) is 3. The minimum Gasteiger partial charge on any atom is -0.396 e. The molecule has 0 radical (unpaired) electrons. The molecule has 7 heteroatoms. The van der Waals surface area contributed by atoms with Crippen LogP contribution < -0.4 is 5.32 Å². The van der Waals surface area contributed by atoms with Gasteiger partial charge in [0, 0.05) is 13.2 Å². The molecule has 0 bridgehead atoms. The second-order valence-corrected chi connectivity index (χ2v) is 4.31. The number of nitro benzene ring substituents is 1. The summed E-state index contributed by atoms with van der Waals surface area (Å²) in [5.74, 6) is -1.34. The van der Waals surface area contributed by atoms with Crippen LogP contribution in [0.3, 0.4) is 0 Å². The summed E-state index contributed by atoms with van der Waals surface area (Å²) in [6, 6.07) is 2.86. The zero-order valence-electron chi connectivity index (χ0n) is 11.0. The van der Waals surface area contributed by atoms with Crippen LogP contribution in [0.5, 0.6) is 0 Å². The van der Waals surface area contributed by atoms with E-state index in [4.69, 9.17) is 5.11 Å². The van der Waals surface area contributed by atoms with Gasteiger partial charge in [0.2, 0.25) is 0 Å². The monoisotopic (exact) mass is 284 g/mol. The lowest BCUT2D eigenvalue weighted by Gasteiger charge is -2.05. The van der Waals surface area contributed by atoms with E-state index in [1.807, 2.05) is 0 Å². The molecule has 1 amide bonds. The van der Waals surface area contributed by atoms with E-state index >= 15 is 0 Å². The molecule has 0 aliphatic rings. The van der Waals surface area contributed by atoms with E-state index < -0.39 is 22.3 Å². The molecule has 2 N–H and O–H groups in total. The second kappa shape index (κ2) is 8.21. The summed E-state index contributed by atoms with van der Waals surface area (Å²) in [5, 5.41) is 21.9. The number of benzene rings is 1. The number of aliphatic hydroxyl groups is 1. The lowest BCUT2D eigenvalue weighted by molar-refractivity contribution is -0.385. The summed E-state index contributed by atoms with van der Waals surface area (Å²) >= 11 is 0. The Morgan fingerprint density at radius 3 is 2.65 bits per heavy atom. The van der Waals surface area contributed by atoms with E-state index in [0.29, 0.717) is 6.54 Å². The van der Waals surface area contributed by atoms with Crippen molar-refractivity contribution in [3.8, 4) is 0 Å². The summed E-state index contributed by atoms with van der Waals surface area (Å²) in [6.07, 6.45) is 3.16. The van der Waals surface area contributed by atoms with Gasteiger partial charge in [0.15, 0.2) is 0 Å². The van der Waals surface area contributed by atoms with E-state index in [9.17, 15) is 19.3 Å². The van der Waals surface area contributed by atoms with Crippen molar-refractivity contribution in [2.45, 2.75) is 25.7 Å². The first-order valence-corrected chi connectivity index (χ1v) is 6.39. The Kier molecular flexibility index (Phi) is 6.58. The lowest BCUT2D eigenvalue weighted by atomic mass is 10.1. The van der Waals surface area contributed by atoms with Crippen LogP contribution in [0.1, 0.15) is 36.0 Å². The predicted octanol–water partition coefficient (Wildman–Crippen LogP) is 2.02. The topological polar surface area (TPSA) is 92.5 Å². The molecule has 1 rings (SSSR count). The van der Waals surface area contributed by atoms with Crippen LogP contribution in [0.15, 0.2) is 18.2 Å². The maximum Gasteiger partial charge on any atom is 0.285 e. The smallest absolute Gasteiger partial charge is 0.285 e. The van der Waals surface area contributed by atoms with E-state index in [2.05, 4.69) is 5.32 Å². The number of aliphatic hydroxyl groups excluding tert-OH is 1. The van der Waals surface area contributed by atoms with Crippen LogP contribution in [0.2, 0.25) is 0 Å². The molecular formula is C13H17FN2O4. The minimum atomic E-state index is -0.779. The van der Waals surface area contributed by atoms with Crippen LogP contribution in [-0.4, -0.2) is 29.1 Å². The zero-order chi connectivity index (χ0) is 15.0. The Morgan fingerprint density at radius 2 is 2.00 bits per heavy atom. The van der Waals surface area contributed by atoms with Crippen molar-refractivity contribution >= 4 is 11.6 Å². The van der Waals surface area contributed by atoms with E-state index in [0.717, 1.165) is 43.9 Å². The highest BCUT2D eigenvalue weighted by Crippen LogP contribution is 2.19. The number of nitrogens with zero attached hydrogens (tertiary/aromatic N) is 1. The van der Waals surface area contributed by atoms with Crippen LogP contribution in [0, 0.1) is 15.9 Å². The maximum atomic E-state index is 12.9. The Morgan fingerprint density at radius 1 is 1.30 bits per heavy atom. The Balaban J connectivity index is 2.53. The van der Waals surface area contributed by atoms with Gasteiger partial charge in [-0.25, -0.2) is 4.39 Å². The molecule has 110 valence electrons. The van der Waals surface area contributed by atoms with Crippen molar-refractivity contribution in [1.82, 2.24) is 5.32 Å². The molecule has 0 aliphatic heterocycles. The number of carbonyl (C=O) groups is 1. The van der Waals surface area contributed by atoms with Gasteiger partial charge in [0.1, 0.15) is 11.4 Å². The number of carbonyl (C=O) groups excluding carboxylic acids is 1. The van der Waals surface area contributed by atoms with Crippen LogP contribution in [-0.2, 0) is 0 Å². The highest BCUT2D eigenvalue weighted by Gasteiger charge is 2.20. The third kappa shape index (κ3) is 4.93. The number of hydrogen-bond donors (Lipinski definition) is 2. The molecule has 1 aromatic carbocycles. The maximum absolute atomic E-state index is 12.9. The average molecular weight is 284 g/mol. The van der Waals surface area contributed by atoms with Gasteiger partial charge in [-0.1, -0.05) is 12.8 Å². The molecule has 0 saturated carbocycles. The fourth-order valence-corrected chi connectivity index (χ4v) is 1.74. The molecule has 0 spiro atoms. The quantitative estimate of drug-likeness (QED) is 0.434. The molecule has 0 aromatic heterocycles. The summed E-state index contributed by atoms with van der Waals surface area (Å²) < 4.78 is 12.9. The minimum absolute atomic E-state index is 0.147. The Labute approximate surface area is 115 Å². The first-order chi connectivity index (χ1) is 9.56. The van der Waals surface area contributed by atoms with E-state index in [1.165, 1.54) is 0 Å². The summed E-state index contributed by atoms with van der Waals surface area (Å²) in [4.78, 5) is 21.8. The fraction of sp³-hybridized carbons (Fsp3) is 0.462. The molecule has 1 aromatic rings. The molecule has 0 unspecified atom stereocenters. The zero-order valence-corrected chi connectivity index (χ0v) is 11.0. The van der Waals surface area contributed by atoms with Gasteiger partial charge in [-0.3, -0.25) is 14.9 Å². The number of nitro groups is 1. The van der Waals surface area contributed by atoms with Gasteiger partial charge >= 0.3 is 0 Å². The van der Waals surface area contributed by atoms with Gasteiger partial charge in [-0.05, 0) is 25.0 Å². The summed E-state index contributed by atoms with van der Waals surface area (Å²) in [6.45, 7) is 0.535. The number of amides is 1. The largest absolute Gasteiger partial charge is 0.396 e. The molecule has 0 fully saturated rings. The standard InChI is InChI=1S/C13H17FN2O4/c14-10-5-6-11(12(9-10)16(19)20)13(18)15-7-3-1-2-4-8-17/h5-6,9,17H,1-4,7-8H2,(H,15,18). The summed E-state index contributed by atoms with van der Waals surface area (Å²) in [7, 11) is 0. The van der Waals surface area contributed by atoms with Gasteiger partial charge < -0.3 is 10.4 Å². The highest BCUT2D eigenvalue weighted by atomic mass is 19.1. The molecule has 0 atom stereocenters. The molecule has 0 saturated heterocycles. The highest BCUT2D eigenvalue weighted by molar-refractivity contribution is 5.98. The molecule has 6 nitrogen and oxygen atoms in total. The van der Waals surface area contributed by atoms with Crippen molar-refractivity contribution in [3.63, 3.8) is 0 Å². The lowest BCUT2D eigenvalue weighted by Crippen LogP contribution is -2.25. The van der Waals surface area contributed by atoms with Crippen LogP contribution in [0.4, 0.5) is 10.1 Å². The normalized spacial score (nSPS) is 10.3. The Bertz CT molecular complexity index is 479. The van der Waals surface area contributed by atoms with Gasteiger partial charge in [0.25, 0.3) is 11.6 Å². The molecular weight excluding hydrogens is 267 g/mol. The third-order valence-electron chi connectivity index (χ3n) is 2.77. The fourth-order valence-electron chi connectivity index (χ4n) is 1.74. The number of hydrogen-bond acceptors (Lipinski definition) is 4. The number of rotatable bonds is 8. The van der Waals surface area contributed by atoms with Crippen molar-refractivity contribution in [1.29, 1.82) is 0 Å². The number of halogens is 1. The molecule has 0 heterocycles. The van der Waals surface area contributed by atoms with Crippen molar-refractivity contribution in [2.75, 3.05) is 13.2 Å². The van der Waals surface area contributed by atoms with Crippen molar-refractivity contribution in [2.24, 2.45) is 0 Å². The summed E-state index contributed by atoms with van der Waals surface area (Å²) in [5.41, 5.74) is -0.686. The van der Waals surface area contributed by atoms with Gasteiger partial charge in [-0.2, -0.15) is 0 Å². The van der Waals surface area contributed by atoms with E-state index in [-0.39, 0.29) is 12.2 Å². The predicted molar refractivity (Wildman–Crippen MR) is 70.9 cm³/mol. The first-order valence-electron chi connectivity index (χ1n) is 6.39. The molecule has 20 heavy (non-hydrogen) atoms. The van der Waals surface area contributed by atoms with E-state index in [1.54, 1.807) is 0 Å².